The van der Waals surface area contributed by atoms with Gasteiger partial charge in [0.2, 0.25) is 0 Å². The standard InChI is InChI=1S/C12H15NO/c1-2-3-9-13-10-12(14)11-7-5-4-6-8-11/h4-9H,2-3,10H2,1H3. The van der Waals surface area contributed by atoms with E-state index in [-0.39, 0.29) is 12.3 Å². The molecule has 2 nitrogen and oxygen atoms in total. The first-order chi connectivity index (χ1) is 6.84. The Kier molecular flexibility index (Phi) is 4.62. The molecule has 0 amide bonds. The molecule has 0 atom stereocenters. The highest BCUT2D eigenvalue weighted by molar-refractivity contribution is 5.98. The number of unbranched alkanes of at least 4 members (excludes halogenated alkanes) is 1. The maximum atomic E-state index is 11.5. The van der Waals surface area contributed by atoms with Gasteiger partial charge in [-0.25, -0.2) is 0 Å². The van der Waals surface area contributed by atoms with Crippen LogP contribution in [-0.4, -0.2) is 18.5 Å². The van der Waals surface area contributed by atoms with Crippen LogP contribution in [-0.2, 0) is 0 Å². The third kappa shape index (κ3) is 3.52. The number of hydrogen-bond acceptors (Lipinski definition) is 2. The SMILES string of the molecule is CCCC=NCC(=O)c1ccccc1. The molecule has 1 aromatic rings. The molecule has 74 valence electrons. The van der Waals surface area contributed by atoms with Gasteiger partial charge in [-0.2, -0.15) is 0 Å². The second-order valence-electron chi connectivity index (χ2n) is 3.10. The third-order valence-electron chi connectivity index (χ3n) is 1.88. The maximum absolute atomic E-state index is 11.5. The highest BCUT2D eigenvalue weighted by atomic mass is 16.1. The van der Waals surface area contributed by atoms with E-state index in [1.54, 1.807) is 0 Å². The summed E-state index contributed by atoms with van der Waals surface area (Å²) in [4.78, 5) is 15.6. The number of Topliss-reactive ketones (excluding diaryl/α,β-unsaturated/α-hetero) is 1. The molecule has 0 bridgehead atoms. The van der Waals surface area contributed by atoms with Gasteiger partial charge in [-0.15, -0.1) is 0 Å². The van der Waals surface area contributed by atoms with Crippen molar-refractivity contribution in [3.8, 4) is 0 Å². The van der Waals surface area contributed by atoms with Crippen molar-refractivity contribution in [3.63, 3.8) is 0 Å². The smallest absolute Gasteiger partial charge is 0.184 e. The molecule has 1 aromatic carbocycles. The Morgan fingerprint density at radius 2 is 2.07 bits per heavy atom. The number of nitrogens with zero attached hydrogens (tertiary/aromatic N) is 1. The zero-order valence-electron chi connectivity index (χ0n) is 8.44. The van der Waals surface area contributed by atoms with Crippen molar-refractivity contribution in [2.24, 2.45) is 4.99 Å². The number of aliphatic imine (C=N–C) groups is 1. The van der Waals surface area contributed by atoms with E-state index in [0.717, 1.165) is 18.4 Å². The molecule has 0 saturated heterocycles. The molecule has 0 radical (unpaired) electrons. The van der Waals surface area contributed by atoms with Gasteiger partial charge in [-0.1, -0.05) is 43.7 Å². The second-order valence-corrected chi connectivity index (χ2v) is 3.10. The lowest BCUT2D eigenvalue weighted by molar-refractivity contribution is 0.100. The van der Waals surface area contributed by atoms with Crippen LogP contribution in [0.4, 0.5) is 0 Å². The molecule has 0 aliphatic carbocycles. The van der Waals surface area contributed by atoms with Crippen LogP contribution in [0.2, 0.25) is 0 Å². The summed E-state index contributed by atoms with van der Waals surface area (Å²) in [7, 11) is 0. The maximum Gasteiger partial charge on any atom is 0.184 e. The molecule has 0 aliphatic rings. The minimum absolute atomic E-state index is 0.0814. The van der Waals surface area contributed by atoms with E-state index in [0.29, 0.717) is 0 Å². The summed E-state index contributed by atoms with van der Waals surface area (Å²) in [5.41, 5.74) is 0.737. The number of hydrogen-bond donors (Lipinski definition) is 0. The van der Waals surface area contributed by atoms with Crippen molar-refractivity contribution in [1.29, 1.82) is 0 Å². The Hall–Kier alpha value is -1.44. The third-order valence-corrected chi connectivity index (χ3v) is 1.88. The van der Waals surface area contributed by atoms with Crippen molar-refractivity contribution < 1.29 is 4.79 Å². The zero-order valence-corrected chi connectivity index (χ0v) is 8.44. The largest absolute Gasteiger partial charge is 0.292 e. The lowest BCUT2D eigenvalue weighted by atomic mass is 10.1. The van der Waals surface area contributed by atoms with Crippen molar-refractivity contribution in [2.45, 2.75) is 19.8 Å². The molecule has 0 heterocycles. The van der Waals surface area contributed by atoms with Crippen molar-refractivity contribution >= 4 is 12.0 Å². The van der Waals surface area contributed by atoms with Gasteiger partial charge in [0.25, 0.3) is 0 Å². The highest BCUT2D eigenvalue weighted by Gasteiger charge is 2.01. The van der Waals surface area contributed by atoms with Crippen LogP contribution in [0.3, 0.4) is 0 Å². The summed E-state index contributed by atoms with van der Waals surface area (Å²) in [6.07, 6.45) is 3.84. The second kappa shape index (κ2) is 6.08. The fraction of sp³-hybridized carbons (Fsp3) is 0.333. The van der Waals surface area contributed by atoms with Gasteiger partial charge in [-0.3, -0.25) is 9.79 Å². The predicted molar refractivity (Wildman–Crippen MR) is 59.0 cm³/mol. The van der Waals surface area contributed by atoms with Gasteiger partial charge in [0.05, 0.1) is 0 Å². The summed E-state index contributed by atoms with van der Waals surface area (Å²) >= 11 is 0. The van der Waals surface area contributed by atoms with E-state index >= 15 is 0 Å². The minimum Gasteiger partial charge on any atom is -0.292 e. The summed E-state index contributed by atoms with van der Waals surface area (Å²) in [5, 5.41) is 0. The van der Waals surface area contributed by atoms with Gasteiger partial charge >= 0.3 is 0 Å². The van der Waals surface area contributed by atoms with E-state index in [2.05, 4.69) is 11.9 Å². The molecule has 0 aliphatic heterocycles. The van der Waals surface area contributed by atoms with Gasteiger partial charge in [-0.05, 0) is 12.6 Å². The van der Waals surface area contributed by atoms with Crippen LogP contribution in [0.15, 0.2) is 35.3 Å². The molecule has 0 spiro atoms. The average molecular weight is 189 g/mol. The lowest BCUT2D eigenvalue weighted by Crippen LogP contribution is -2.02. The van der Waals surface area contributed by atoms with Crippen molar-refractivity contribution in [1.82, 2.24) is 0 Å². The van der Waals surface area contributed by atoms with Crippen LogP contribution < -0.4 is 0 Å². The molecular formula is C12H15NO. The molecule has 14 heavy (non-hydrogen) atoms. The monoisotopic (exact) mass is 189 g/mol. The molecule has 0 aromatic heterocycles. The molecule has 1 rings (SSSR count). The Labute approximate surface area is 84.7 Å². The number of carbonyl (C=O) groups excluding carboxylic acids is 1. The number of carbonyl (C=O) groups is 1. The Morgan fingerprint density at radius 3 is 2.71 bits per heavy atom. The molecule has 0 fully saturated rings. The van der Waals surface area contributed by atoms with E-state index in [4.69, 9.17) is 0 Å². The molecule has 0 saturated carbocycles. The molecule has 2 heteroatoms. The summed E-state index contributed by atoms with van der Waals surface area (Å²) in [5.74, 6) is 0.0814. The number of benzene rings is 1. The first-order valence-corrected chi connectivity index (χ1v) is 4.91. The Bertz CT molecular complexity index is 303. The summed E-state index contributed by atoms with van der Waals surface area (Å²) in [6, 6.07) is 9.26. The van der Waals surface area contributed by atoms with Crippen LogP contribution in [0, 0.1) is 0 Å². The van der Waals surface area contributed by atoms with Crippen molar-refractivity contribution in [2.75, 3.05) is 6.54 Å². The molecular weight excluding hydrogens is 174 g/mol. The normalized spacial score (nSPS) is 10.6. The van der Waals surface area contributed by atoms with E-state index in [9.17, 15) is 4.79 Å². The predicted octanol–water partition coefficient (Wildman–Crippen LogP) is 2.74. The highest BCUT2D eigenvalue weighted by Crippen LogP contribution is 1.99. The van der Waals surface area contributed by atoms with Gasteiger partial charge < -0.3 is 0 Å². The first-order valence-electron chi connectivity index (χ1n) is 4.91. The van der Waals surface area contributed by atoms with Gasteiger partial charge in [0.1, 0.15) is 6.54 Å². The molecule has 0 unspecified atom stereocenters. The Balaban J connectivity index is 2.44. The zero-order chi connectivity index (χ0) is 10.2. The van der Waals surface area contributed by atoms with Crippen LogP contribution in [0.5, 0.6) is 0 Å². The van der Waals surface area contributed by atoms with Crippen LogP contribution >= 0.6 is 0 Å². The van der Waals surface area contributed by atoms with Gasteiger partial charge in [0.15, 0.2) is 5.78 Å². The van der Waals surface area contributed by atoms with Crippen LogP contribution in [0.25, 0.3) is 0 Å². The van der Waals surface area contributed by atoms with E-state index < -0.39 is 0 Å². The summed E-state index contributed by atoms with van der Waals surface area (Å²) < 4.78 is 0. The summed E-state index contributed by atoms with van der Waals surface area (Å²) in [6.45, 7) is 2.36. The Morgan fingerprint density at radius 1 is 1.36 bits per heavy atom. The fourth-order valence-corrected chi connectivity index (χ4v) is 1.08. The molecule has 0 N–H and O–H groups in total. The minimum atomic E-state index is 0.0814. The average Bonchev–Trinajstić information content (AvgIpc) is 2.25. The van der Waals surface area contributed by atoms with Gasteiger partial charge in [0, 0.05) is 5.56 Å². The topological polar surface area (TPSA) is 29.4 Å². The van der Waals surface area contributed by atoms with E-state index in [1.165, 1.54) is 0 Å². The number of ketones is 1. The number of rotatable bonds is 5. The van der Waals surface area contributed by atoms with Crippen LogP contribution in [0.1, 0.15) is 30.1 Å². The lowest BCUT2D eigenvalue weighted by Gasteiger charge is -1.95. The first kappa shape index (κ1) is 10.6. The fourth-order valence-electron chi connectivity index (χ4n) is 1.08. The van der Waals surface area contributed by atoms with Crippen molar-refractivity contribution in [3.05, 3.63) is 35.9 Å². The quantitative estimate of drug-likeness (QED) is 0.517. The van der Waals surface area contributed by atoms with E-state index in [1.807, 2.05) is 36.5 Å².